The lowest BCUT2D eigenvalue weighted by atomic mass is 10.0. The van der Waals surface area contributed by atoms with Gasteiger partial charge in [-0.1, -0.05) is 38.1 Å². The number of carboxylic acid groups (broad SMARTS) is 1. The summed E-state index contributed by atoms with van der Waals surface area (Å²) >= 11 is 0. The second-order valence-electron chi connectivity index (χ2n) is 5.19. The molecule has 0 saturated heterocycles. The summed E-state index contributed by atoms with van der Waals surface area (Å²) in [5, 5.41) is 11.8. The van der Waals surface area contributed by atoms with Crippen molar-refractivity contribution in [3.8, 4) is 0 Å². The topological polar surface area (TPSA) is 66.4 Å². The molecule has 0 aliphatic heterocycles. The van der Waals surface area contributed by atoms with E-state index in [0.29, 0.717) is 12.8 Å². The van der Waals surface area contributed by atoms with Crippen LogP contribution in [0.2, 0.25) is 0 Å². The van der Waals surface area contributed by atoms with Crippen molar-refractivity contribution in [3.05, 3.63) is 35.4 Å². The molecular weight excluding hydrogens is 242 g/mol. The Labute approximate surface area is 113 Å². The van der Waals surface area contributed by atoms with Gasteiger partial charge >= 0.3 is 5.97 Å². The Morgan fingerprint density at radius 3 is 2.42 bits per heavy atom. The van der Waals surface area contributed by atoms with Crippen molar-refractivity contribution in [1.82, 2.24) is 5.32 Å². The van der Waals surface area contributed by atoms with Crippen LogP contribution in [-0.4, -0.2) is 23.0 Å². The summed E-state index contributed by atoms with van der Waals surface area (Å²) in [6.07, 6.45) is 0.656. The molecule has 0 radical (unpaired) electrons. The van der Waals surface area contributed by atoms with Gasteiger partial charge in [0.25, 0.3) is 0 Å². The molecule has 0 unspecified atom stereocenters. The highest BCUT2D eigenvalue weighted by Crippen LogP contribution is 2.10. The molecule has 1 amide bonds. The molecule has 0 aromatic heterocycles. The Balaban J connectivity index is 2.71. The molecule has 1 rings (SSSR count). The lowest BCUT2D eigenvalue weighted by Gasteiger charge is -2.16. The normalized spacial score (nSPS) is 12.2. The highest BCUT2D eigenvalue weighted by Gasteiger charge is 2.21. The Hall–Kier alpha value is -1.84. The standard InChI is InChI=1S/C15H21NO3/c1-10(2)8-14(17)16-13(15(18)19)9-12-7-5-4-6-11(12)3/h4-7,10,13H,8-9H2,1-3H3,(H,16,17)(H,18,19)/t13-/m1/s1. The van der Waals surface area contributed by atoms with Gasteiger partial charge < -0.3 is 10.4 Å². The maximum absolute atomic E-state index is 11.7. The fourth-order valence-corrected chi connectivity index (χ4v) is 1.88. The van der Waals surface area contributed by atoms with Crippen molar-refractivity contribution in [2.45, 2.75) is 39.7 Å². The number of amides is 1. The summed E-state index contributed by atoms with van der Waals surface area (Å²) in [6, 6.07) is 6.74. The zero-order valence-corrected chi connectivity index (χ0v) is 11.6. The van der Waals surface area contributed by atoms with Gasteiger partial charge in [0.05, 0.1) is 0 Å². The molecule has 1 atom stereocenters. The molecule has 0 bridgehead atoms. The number of carbonyl (C=O) groups is 2. The van der Waals surface area contributed by atoms with Crippen LogP contribution >= 0.6 is 0 Å². The van der Waals surface area contributed by atoms with Crippen LogP contribution in [0.25, 0.3) is 0 Å². The quantitative estimate of drug-likeness (QED) is 0.826. The monoisotopic (exact) mass is 263 g/mol. The van der Waals surface area contributed by atoms with E-state index in [1.807, 2.05) is 45.0 Å². The summed E-state index contributed by atoms with van der Waals surface area (Å²) < 4.78 is 0. The van der Waals surface area contributed by atoms with E-state index in [0.717, 1.165) is 11.1 Å². The van der Waals surface area contributed by atoms with E-state index in [1.165, 1.54) is 0 Å². The van der Waals surface area contributed by atoms with Gasteiger partial charge in [0.15, 0.2) is 0 Å². The van der Waals surface area contributed by atoms with Gasteiger partial charge in [-0.15, -0.1) is 0 Å². The van der Waals surface area contributed by atoms with Crippen LogP contribution in [0.1, 0.15) is 31.4 Å². The predicted octanol–water partition coefficient (Wildman–Crippen LogP) is 2.15. The van der Waals surface area contributed by atoms with Crippen LogP contribution in [0.3, 0.4) is 0 Å². The first-order valence-corrected chi connectivity index (χ1v) is 6.46. The number of carbonyl (C=O) groups excluding carboxylic acids is 1. The Morgan fingerprint density at radius 2 is 1.89 bits per heavy atom. The SMILES string of the molecule is Cc1ccccc1C[C@@H](NC(=O)CC(C)C)C(=O)O. The van der Waals surface area contributed by atoms with Crippen molar-refractivity contribution in [2.24, 2.45) is 5.92 Å². The molecule has 2 N–H and O–H groups in total. The average molecular weight is 263 g/mol. The van der Waals surface area contributed by atoms with Crippen LogP contribution in [0.4, 0.5) is 0 Å². The second-order valence-corrected chi connectivity index (χ2v) is 5.19. The van der Waals surface area contributed by atoms with Crippen LogP contribution in [0.15, 0.2) is 24.3 Å². The summed E-state index contributed by atoms with van der Waals surface area (Å²) in [7, 11) is 0. The number of aliphatic carboxylic acids is 1. The third-order valence-corrected chi connectivity index (χ3v) is 2.91. The molecule has 0 aliphatic rings. The fraction of sp³-hybridized carbons (Fsp3) is 0.467. The molecule has 1 aromatic rings. The van der Waals surface area contributed by atoms with Gasteiger partial charge in [-0.05, 0) is 24.0 Å². The molecule has 0 fully saturated rings. The molecule has 0 aliphatic carbocycles. The molecule has 4 nitrogen and oxygen atoms in total. The highest BCUT2D eigenvalue weighted by molar-refractivity contribution is 5.83. The van der Waals surface area contributed by atoms with Gasteiger partial charge in [-0.2, -0.15) is 0 Å². The van der Waals surface area contributed by atoms with Gasteiger partial charge in [0.1, 0.15) is 6.04 Å². The highest BCUT2D eigenvalue weighted by atomic mass is 16.4. The molecule has 1 aromatic carbocycles. The van der Waals surface area contributed by atoms with E-state index in [-0.39, 0.29) is 11.8 Å². The average Bonchev–Trinajstić information content (AvgIpc) is 2.29. The Kier molecular flexibility index (Phi) is 5.55. The molecule has 0 saturated carbocycles. The lowest BCUT2D eigenvalue weighted by Crippen LogP contribution is -2.42. The summed E-state index contributed by atoms with van der Waals surface area (Å²) in [4.78, 5) is 22.9. The lowest BCUT2D eigenvalue weighted by molar-refractivity contribution is -0.141. The first-order chi connectivity index (χ1) is 8.90. The van der Waals surface area contributed by atoms with Gasteiger partial charge in [0, 0.05) is 12.8 Å². The molecule has 4 heteroatoms. The predicted molar refractivity (Wildman–Crippen MR) is 73.9 cm³/mol. The van der Waals surface area contributed by atoms with E-state index in [4.69, 9.17) is 0 Å². The van der Waals surface area contributed by atoms with Crippen LogP contribution in [0, 0.1) is 12.8 Å². The van der Waals surface area contributed by atoms with Crippen LogP contribution < -0.4 is 5.32 Å². The minimum Gasteiger partial charge on any atom is -0.480 e. The van der Waals surface area contributed by atoms with E-state index < -0.39 is 12.0 Å². The van der Waals surface area contributed by atoms with Crippen molar-refractivity contribution >= 4 is 11.9 Å². The molecule has 19 heavy (non-hydrogen) atoms. The van der Waals surface area contributed by atoms with E-state index in [2.05, 4.69) is 5.32 Å². The smallest absolute Gasteiger partial charge is 0.326 e. The van der Waals surface area contributed by atoms with Crippen LogP contribution in [-0.2, 0) is 16.0 Å². The second kappa shape index (κ2) is 6.92. The van der Waals surface area contributed by atoms with E-state index in [9.17, 15) is 14.7 Å². The molecular formula is C15H21NO3. The van der Waals surface area contributed by atoms with Crippen molar-refractivity contribution in [3.63, 3.8) is 0 Å². The number of aryl methyl sites for hydroxylation is 1. The minimum absolute atomic E-state index is 0.212. The number of benzene rings is 1. The summed E-state index contributed by atoms with van der Waals surface area (Å²) in [5.41, 5.74) is 1.98. The molecule has 104 valence electrons. The number of nitrogens with one attached hydrogen (secondary N) is 1. The Morgan fingerprint density at radius 1 is 1.26 bits per heavy atom. The summed E-state index contributed by atoms with van der Waals surface area (Å²) in [6.45, 7) is 5.79. The Bertz CT molecular complexity index is 454. The van der Waals surface area contributed by atoms with Gasteiger partial charge in [-0.25, -0.2) is 4.79 Å². The minimum atomic E-state index is -1.000. The largest absolute Gasteiger partial charge is 0.480 e. The fourth-order valence-electron chi connectivity index (χ4n) is 1.88. The van der Waals surface area contributed by atoms with Crippen molar-refractivity contribution < 1.29 is 14.7 Å². The third-order valence-electron chi connectivity index (χ3n) is 2.91. The van der Waals surface area contributed by atoms with Crippen molar-refractivity contribution in [1.29, 1.82) is 0 Å². The first kappa shape index (κ1) is 15.2. The van der Waals surface area contributed by atoms with Crippen molar-refractivity contribution in [2.75, 3.05) is 0 Å². The van der Waals surface area contributed by atoms with E-state index >= 15 is 0 Å². The van der Waals surface area contributed by atoms with Gasteiger partial charge in [-0.3, -0.25) is 4.79 Å². The number of hydrogen-bond acceptors (Lipinski definition) is 2. The molecule has 0 heterocycles. The van der Waals surface area contributed by atoms with Crippen LogP contribution in [0.5, 0.6) is 0 Å². The number of hydrogen-bond donors (Lipinski definition) is 2. The number of rotatable bonds is 6. The first-order valence-electron chi connectivity index (χ1n) is 6.46. The maximum Gasteiger partial charge on any atom is 0.326 e. The zero-order chi connectivity index (χ0) is 14.4. The summed E-state index contributed by atoms with van der Waals surface area (Å²) in [5.74, 6) is -0.996. The van der Waals surface area contributed by atoms with E-state index in [1.54, 1.807) is 0 Å². The maximum atomic E-state index is 11.7. The third kappa shape index (κ3) is 5.12. The molecule has 0 spiro atoms. The van der Waals surface area contributed by atoms with Gasteiger partial charge in [0.2, 0.25) is 5.91 Å². The zero-order valence-electron chi connectivity index (χ0n) is 11.6. The number of carboxylic acids is 1.